The maximum Gasteiger partial charge on any atom is 0.226 e. The van der Waals surface area contributed by atoms with Crippen LogP contribution in [0.3, 0.4) is 0 Å². The monoisotopic (exact) mass is 338 g/mol. The van der Waals surface area contributed by atoms with Gasteiger partial charge in [-0.15, -0.1) is 0 Å². The molecule has 0 radical (unpaired) electrons. The summed E-state index contributed by atoms with van der Waals surface area (Å²) in [7, 11) is 1.72. The van der Waals surface area contributed by atoms with Crippen LogP contribution in [-0.4, -0.2) is 29.4 Å². The summed E-state index contributed by atoms with van der Waals surface area (Å²) in [4.78, 5) is 19.0. The topological polar surface area (TPSA) is 45.3 Å². The van der Waals surface area contributed by atoms with Gasteiger partial charge in [-0.05, 0) is 55.9 Å². The summed E-state index contributed by atoms with van der Waals surface area (Å²) in [5.74, 6) is 1.61. The SMILES string of the molecule is COc1ccc2[nH]c3c(c2c1)CCN(C(=O)C1CC1)C31CCCCC1. The molecule has 2 heterocycles. The minimum atomic E-state index is -0.0994. The van der Waals surface area contributed by atoms with Crippen LogP contribution >= 0.6 is 0 Å². The quantitative estimate of drug-likeness (QED) is 0.895. The second-order valence-corrected chi connectivity index (χ2v) is 8.00. The summed E-state index contributed by atoms with van der Waals surface area (Å²) >= 11 is 0. The molecule has 4 nitrogen and oxygen atoms in total. The Morgan fingerprint density at radius 3 is 2.76 bits per heavy atom. The highest BCUT2D eigenvalue weighted by Crippen LogP contribution is 2.49. The van der Waals surface area contributed by atoms with Gasteiger partial charge in [-0.1, -0.05) is 19.3 Å². The van der Waals surface area contributed by atoms with E-state index in [-0.39, 0.29) is 5.54 Å². The molecule has 0 atom stereocenters. The summed E-state index contributed by atoms with van der Waals surface area (Å²) in [6.07, 6.45) is 9.04. The molecule has 2 saturated carbocycles. The molecule has 25 heavy (non-hydrogen) atoms. The number of methoxy groups -OCH3 is 1. The Morgan fingerprint density at radius 1 is 1.24 bits per heavy atom. The van der Waals surface area contributed by atoms with Gasteiger partial charge in [0.2, 0.25) is 5.91 Å². The minimum Gasteiger partial charge on any atom is -0.497 e. The molecule has 4 heteroatoms. The summed E-state index contributed by atoms with van der Waals surface area (Å²) in [5.41, 5.74) is 3.81. The number of aromatic amines is 1. The molecule has 2 aromatic rings. The number of carbonyl (C=O) groups excluding carboxylic acids is 1. The van der Waals surface area contributed by atoms with Crippen molar-refractivity contribution < 1.29 is 9.53 Å². The molecule has 3 aliphatic rings. The molecular weight excluding hydrogens is 312 g/mol. The summed E-state index contributed by atoms with van der Waals surface area (Å²) in [6.45, 7) is 0.868. The molecule has 1 N–H and O–H groups in total. The first-order valence-electron chi connectivity index (χ1n) is 9.73. The number of amides is 1. The number of nitrogens with one attached hydrogen (secondary N) is 1. The molecule has 1 amide bonds. The molecule has 2 aliphatic carbocycles. The third-order valence-corrected chi connectivity index (χ3v) is 6.55. The van der Waals surface area contributed by atoms with E-state index < -0.39 is 0 Å². The van der Waals surface area contributed by atoms with Crippen LogP contribution in [0.4, 0.5) is 0 Å². The Bertz CT molecular complexity index is 828. The number of fused-ring (bicyclic) bond motifs is 4. The first-order chi connectivity index (χ1) is 12.2. The zero-order chi connectivity index (χ0) is 17.0. The van der Waals surface area contributed by atoms with E-state index in [2.05, 4.69) is 22.0 Å². The van der Waals surface area contributed by atoms with Crippen LogP contribution in [0.5, 0.6) is 5.75 Å². The second kappa shape index (κ2) is 5.52. The Labute approximate surface area is 148 Å². The van der Waals surface area contributed by atoms with E-state index >= 15 is 0 Å². The average Bonchev–Trinajstić information content (AvgIpc) is 3.43. The van der Waals surface area contributed by atoms with Crippen molar-refractivity contribution in [2.24, 2.45) is 5.92 Å². The minimum absolute atomic E-state index is 0.0994. The molecule has 1 spiro atoms. The standard InChI is InChI=1S/C21H26N2O2/c1-25-15-7-8-18-17(13-15)16-9-12-23(20(24)14-5-6-14)21(19(16)22-18)10-3-2-4-11-21/h7-8,13-14,22H,2-6,9-12H2,1H3. The Kier molecular flexibility index (Phi) is 3.37. The lowest BCUT2D eigenvalue weighted by Gasteiger charge is -2.49. The Balaban J connectivity index is 1.67. The number of hydrogen-bond acceptors (Lipinski definition) is 2. The normalized spacial score (nSPS) is 22.2. The molecule has 0 saturated heterocycles. The maximum absolute atomic E-state index is 13.1. The molecule has 0 unspecified atom stereocenters. The number of H-pyrrole nitrogens is 1. The first-order valence-corrected chi connectivity index (χ1v) is 9.73. The summed E-state index contributed by atoms with van der Waals surface area (Å²) in [6, 6.07) is 6.29. The van der Waals surface area contributed by atoms with Crippen LogP contribution in [0.2, 0.25) is 0 Å². The van der Waals surface area contributed by atoms with Gasteiger partial charge in [-0.2, -0.15) is 0 Å². The lowest BCUT2D eigenvalue weighted by molar-refractivity contribution is -0.142. The van der Waals surface area contributed by atoms with Crippen LogP contribution < -0.4 is 4.74 Å². The lowest BCUT2D eigenvalue weighted by Crippen LogP contribution is -2.55. The zero-order valence-corrected chi connectivity index (χ0v) is 14.9. The van der Waals surface area contributed by atoms with E-state index in [0.29, 0.717) is 11.8 Å². The molecule has 1 aliphatic heterocycles. The van der Waals surface area contributed by atoms with Gasteiger partial charge in [0.1, 0.15) is 5.75 Å². The lowest BCUT2D eigenvalue weighted by atomic mass is 9.73. The number of benzene rings is 1. The second-order valence-electron chi connectivity index (χ2n) is 8.00. The molecule has 132 valence electrons. The third-order valence-electron chi connectivity index (χ3n) is 6.55. The molecular formula is C21H26N2O2. The number of carbonyl (C=O) groups is 1. The maximum atomic E-state index is 13.1. The zero-order valence-electron chi connectivity index (χ0n) is 14.9. The van der Waals surface area contributed by atoms with Crippen LogP contribution in [0.1, 0.15) is 56.2 Å². The molecule has 2 fully saturated rings. The number of hydrogen-bond donors (Lipinski definition) is 1. The van der Waals surface area contributed by atoms with Crippen LogP contribution in [0.25, 0.3) is 10.9 Å². The van der Waals surface area contributed by atoms with Crippen molar-refractivity contribution in [3.8, 4) is 5.75 Å². The van der Waals surface area contributed by atoms with Crippen molar-refractivity contribution in [1.29, 1.82) is 0 Å². The van der Waals surface area contributed by atoms with E-state index in [1.807, 2.05) is 6.07 Å². The van der Waals surface area contributed by atoms with Gasteiger partial charge in [0, 0.05) is 29.1 Å². The molecule has 5 rings (SSSR count). The highest BCUT2D eigenvalue weighted by Gasteiger charge is 2.49. The van der Waals surface area contributed by atoms with Gasteiger partial charge in [0.05, 0.1) is 12.6 Å². The van der Waals surface area contributed by atoms with Crippen molar-refractivity contribution in [1.82, 2.24) is 9.88 Å². The highest BCUT2D eigenvalue weighted by molar-refractivity contribution is 5.88. The van der Waals surface area contributed by atoms with Gasteiger partial charge in [0.25, 0.3) is 0 Å². The number of aromatic nitrogens is 1. The van der Waals surface area contributed by atoms with Crippen LogP contribution in [-0.2, 0) is 16.8 Å². The largest absolute Gasteiger partial charge is 0.497 e. The number of ether oxygens (including phenoxy) is 1. The smallest absolute Gasteiger partial charge is 0.226 e. The fourth-order valence-electron chi connectivity index (χ4n) is 5.11. The average molecular weight is 338 g/mol. The number of nitrogens with zero attached hydrogens (tertiary/aromatic N) is 1. The fourth-order valence-corrected chi connectivity index (χ4v) is 5.11. The van der Waals surface area contributed by atoms with E-state index in [9.17, 15) is 4.79 Å². The van der Waals surface area contributed by atoms with Crippen molar-refractivity contribution in [3.05, 3.63) is 29.5 Å². The summed E-state index contributed by atoms with van der Waals surface area (Å²) < 4.78 is 5.44. The summed E-state index contributed by atoms with van der Waals surface area (Å²) in [5, 5.41) is 1.28. The molecule has 1 aromatic heterocycles. The third kappa shape index (κ3) is 2.22. The van der Waals surface area contributed by atoms with E-state index in [4.69, 9.17) is 4.74 Å². The first kappa shape index (κ1) is 15.3. The van der Waals surface area contributed by atoms with E-state index in [1.54, 1.807) is 7.11 Å². The Hall–Kier alpha value is -1.97. The van der Waals surface area contributed by atoms with Gasteiger partial charge in [-0.3, -0.25) is 4.79 Å². The van der Waals surface area contributed by atoms with Crippen molar-refractivity contribution in [3.63, 3.8) is 0 Å². The predicted molar refractivity (Wildman–Crippen MR) is 97.8 cm³/mol. The van der Waals surface area contributed by atoms with E-state index in [1.165, 1.54) is 41.4 Å². The molecule has 0 bridgehead atoms. The van der Waals surface area contributed by atoms with Gasteiger partial charge in [-0.25, -0.2) is 0 Å². The van der Waals surface area contributed by atoms with E-state index in [0.717, 1.165) is 44.4 Å². The van der Waals surface area contributed by atoms with Crippen molar-refractivity contribution in [2.45, 2.75) is 56.9 Å². The van der Waals surface area contributed by atoms with Gasteiger partial charge < -0.3 is 14.6 Å². The molecule has 1 aromatic carbocycles. The predicted octanol–water partition coefficient (Wildman–Crippen LogP) is 4.13. The van der Waals surface area contributed by atoms with Gasteiger partial charge >= 0.3 is 0 Å². The Morgan fingerprint density at radius 2 is 2.04 bits per heavy atom. The van der Waals surface area contributed by atoms with Crippen LogP contribution in [0.15, 0.2) is 18.2 Å². The fraction of sp³-hybridized carbons (Fsp3) is 0.571. The van der Waals surface area contributed by atoms with Crippen LogP contribution in [0, 0.1) is 5.92 Å². The van der Waals surface area contributed by atoms with Gasteiger partial charge in [0.15, 0.2) is 0 Å². The number of rotatable bonds is 2. The van der Waals surface area contributed by atoms with Crippen molar-refractivity contribution in [2.75, 3.05) is 13.7 Å². The highest BCUT2D eigenvalue weighted by atomic mass is 16.5. The van der Waals surface area contributed by atoms with Crippen molar-refractivity contribution >= 4 is 16.8 Å².